The molecule has 0 amide bonds. The van der Waals surface area contributed by atoms with Crippen LogP contribution in [0.15, 0.2) is 24.3 Å². The summed E-state index contributed by atoms with van der Waals surface area (Å²) in [6.07, 6.45) is 5.03. The first-order valence-electron chi connectivity index (χ1n) is 10.1. The molecule has 1 heterocycles. The Morgan fingerprint density at radius 2 is 2.07 bits per heavy atom. The Labute approximate surface area is 167 Å². The number of rotatable bonds is 12. The maximum atomic E-state index is 11.7. The summed E-state index contributed by atoms with van der Waals surface area (Å²) in [4.78, 5) is 14.1. The van der Waals surface area contributed by atoms with Gasteiger partial charge in [-0.15, -0.1) is 0 Å². The Bertz CT molecular complexity index is 630. The molecule has 0 spiro atoms. The van der Waals surface area contributed by atoms with Gasteiger partial charge in [0, 0.05) is 6.04 Å². The van der Waals surface area contributed by atoms with Crippen molar-refractivity contribution in [2.45, 2.75) is 62.8 Å². The minimum atomic E-state index is -1.35. The van der Waals surface area contributed by atoms with E-state index in [-0.39, 0.29) is 6.32 Å². The summed E-state index contributed by atoms with van der Waals surface area (Å²) in [6, 6.07) is 8.46. The SMILES string of the molecule is COc1cccc(C2CCCN2CCCC(N)(CCCCB(O)O)C(=O)O)c1. The highest BCUT2D eigenvalue weighted by Gasteiger charge is 2.34. The molecule has 8 heteroatoms. The van der Waals surface area contributed by atoms with Crippen molar-refractivity contribution >= 4 is 13.1 Å². The van der Waals surface area contributed by atoms with Crippen LogP contribution in [0.1, 0.15) is 56.6 Å². The van der Waals surface area contributed by atoms with E-state index in [2.05, 4.69) is 17.0 Å². The molecule has 7 nitrogen and oxygen atoms in total. The van der Waals surface area contributed by atoms with E-state index in [1.165, 1.54) is 5.56 Å². The molecule has 1 aliphatic heterocycles. The number of unbranched alkanes of at least 4 members (excludes halogenated alkanes) is 1. The van der Waals surface area contributed by atoms with Crippen LogP contribution in [0.25, 0.3) is 0 Å². The lowest BCUT2D eigenvalue weighted by atomic mass is 9.81. The van der Waals surface area contributed by atoms with E-state index in [1.54, 1.807) is 7.11 Å². The van der Waals surface area contributed by atoms with Crippen LogP contribution in [0.3, 0.4) is 0 Å². The van der Waals surface area contributed by atoms with Crippen LogP contribution < -0.4 is 10.5 Å². The molecule has 0 aromatic heterocycles. The predicted octanol–water partition coefficient (Wildman–Crippen LogP) is 2.04. The number of carboxylic acid groups (broad SMARTS) is 1. The van der Waals surface area contributed by atoms with Crippen molar-refractivity contribution in [1.29, 1.82) is 0 Å². The van der Waals surface area contributed by atoms with Crippen LogP contribution in [0, 0.1) is 0 Å². The van der Waals surface area contributed by atoms with Crippen LogP contribution >= 0.6 is 0 Å². The predicted molar refractivity (Wildman–Crippen MR) is 109 cm³/mol. The maximum Gasteiger partial charge on any atom is 0.451 e. The fourth-order valence-corrected chi connectivity index (χ4v) is 4.02. The molecule has 5 N–H and O–H groups in total. The summed E-state index contributed by atoms with van der Waals surface area (Å²) >= 11 is 0. The molecule has 0 radical (unpaired) electrons. The number of benzene rings is 1. The largest absolute Gasteiger partial charge is 0.497 e. The number of nitrogens with zero attached hydrogens (tertiary/aromatic N) is 1. The van der Waals surface area contributed by atoms with Crippen LogP contribution in [0.2, 0.25) is 6.32 Å². The zero-order valence-corrected chi connectivity index (χ0v) is 16.7. The van der Waals surface area contributed by atoms with Crippen LogP contribution in [-0.2, 0) is 4.79 Å². The Morgan fingerprint density at radius 1 is 1.32 bits per heavy atom. The third-order valence-electron chi connectivity index (χ3n) is 5.67. The number of hydrogen-bond donors (Lipinski definition) is 4. The molecular weight excluding hydrogens is 359 g/mol. The Kier molecular flexibility index (Phi) is 8.75. The first-order valence-corrected chi connectivity index (χ1v) is 10.1. The number of nitrogens with two attached hydrogens (primary N) is 1. The minimum Gasteiger partial charge on any atom is -0.497 e. The molecule has 2 unspecified atom stereocenters. The van der Waals surface area contributed by atoms with Gasteiger partial charge in [-0.1, -0.05) is 25.0 Å². The Morgan fingerprint density at radius 3 is 2.75 bits per heavy atom. The van der Waals surface area contributed by atoms with Gasteiger partial charge in [0.2, 0.25) is 0 Å². The topological polar surface area (TPSA) is 116 Å². The van der Waals surface area contributed by atoms with Gasteiger partial charge < -0.3 is 25.6 Å². The molecule has 0 bridgehead atoms. The third kappa shape index (κ3) is 6.48. The van der Waals surface area contributed by atoms with Gasteiger partial charge in [0.15, 0.2) is 0 Å². The lowest BCUT2D eigenvalue weighted by molar-refractivity contribution is -0.144. The molecule has 2 atom stereocenters. The second-order valence-corrected chi connectivity index (χ2v) is 7.76. The summed E-state index contributed by atoms with van der Waals surface area (Å²) in [5.41, 5.74) is 6.14. The quantitative estimate of drug-likeness (QED) is 0.318. The molecule has 1 aromatic rings. The van der Waals surface area contributed by atoms with Gasteiger partial charge in [0.25, 0.3) is 0 Å². The zero-order valence-electron chi connectivity index (χ0n) is 16.7. The fraction of sp³-hybridized carbons (Fsp3) is 0.650. The Balaban J connectivity index is 1.87. The van der Waals surface area contributed by atoms with Crippen molar-refractivity contribution in [2.75, 3.05) is 20.2 Å². The number of hydrogen-bond acceptors (Lipinski definition) is 6. The summed E-state index contributed by atoms with van der Waals surface area (Å²) < 4.78 is 5.33. The molecule has 28 heavy (non-hydrogen) atoms. The van der Waals surface area contributed by atoms with Gasteiger partial charge in [-0.05, 0) is 69.2 Å². The average Bonchev–Trinajstić information content (AvgIpc) is 3.13. The monoisotopic (exact) mass is 392 g/mol. The number of likely N-dealkylation sites (tertiary alicyclic amines) is 1. The zero-order chi connectivity index (χ0) is 20.6. The molecule has 1 fully saturated rings. The van der Waals surface area contributed by atoms with Gasteiger partial charge in [-0.2, -0.15) is 0 Å². The summed E-state index contributed by atoms with van der Waals surface area (Å²) in [5, 5.41) is 27.4. The summed E-state index contributed by atoms with van der Waals surface area (Å²) in [7, 11) is 0.320. The number of methoxy groups -OCH3 is 1. The van der Waals surface area contributed by atoms with Crippen molar-refractivity contribution < 1.29 is 24.7 Å². The van der Waals surface area contributed by atoms with Crippen LogP contribution in [0.5, 0.6) is 5.75 Å². The Hall–Kier alpha value is -1.61. The molecule has 0 saturated carbocycles. The normalized spacial score (nSPS) is 19.4. The van der Waals surface area contributed by atoms with Gasteiger partial charge >= 0.3 is 13.1 Å². The first-order chi connectivity index (χ1) is 13.4. The molecule has 1 aliphatic rings. The van der Waals surface area contributed by atoms with E-state index < -0.39 is 18.6 Å². The summed E-state index contributed by atoms with van der Waals surface area (Å²) in [6.45, 7) is 1.81. The van der Waals surface area contributed by atoms with Gasteiger partial charge in [0.1, 0.15) is 11.3 Å². The molecule has 2 rings (SSSR count). The van der Waals surface area contributed by atoms with Crippen molar-refractivity contribution in [3.05, 3.63) is 29.8 Å². The second-order valence-electron chi connectivity index (χ2n) is 7.76. The average molecular weight is 392 g/mol. The van der Waals surface area contributed by atoms with Crippen molar-refractivity contribution in [2.24, 2.45) is 5.73 Å². The molecular formula is C20H33BN2O5. The highest BCUT2D eigenvalue weighted by atomic mass is 16.5. The highest BCUT2D eigenvalue weighted by molar-refractivity contribution is 6.40. The van der Waals surface area contributed by atoms with Crippen molar-refractivity contribution in [3.63, 3.8) is 0 Å². The van der Waals surface area contributed by atoms with E-state index in [0.29, 0.717) is 38.1 Å². The maximum absolute atomic E-state index is 11.7. The van der Waals surface area contributed by atoms with Gasteiger partial charge in [0.05, 0.1) is 7.11 Å². The van der Waals surface area contributed by atoms with E-state index in [4.69, 9.17) is 20.5 Å². The van der Waals surface area contributed by atoms with E-state index in [9.17, 15) is 9.90 Å². The van der Waals surface area contributed by atoms with Gasteiger partial charge in [-0.3, -0.25) is 9.69 Å². The van der Waals surface area contributed by atoms with Crippen LogP contribution in [-0.4, -0.2) is 58.9 Å². The second kappa shape index (κ2) is 10.8. The smallest absolute Gasteiger partial charge is 0.451 e. The lowest BCUT2D eigenvalue weighted by Crippen LogP contribution is -2.48. The first kappa shape index (κ1) is 22.7. The molecule has 1 aromatic carbocycles. The number of aliphatic carboxylic acids is 1. The molecule has 156 valence electrons. The summed E-state index contributed by atoms with van der Waals surface area (Å²) in [5.74, 6) is -0.132. The fourth-order valence-electron chi connectivity index (χ4n) is 4.02. The number of ether oxygens (including phenoxy) is 1. The van der Waals surface area contributed by atoms with E-state index in [0.717, 1.165) is 31.7 Å². The van der Waals surface area contributed by atoms with E-state index >= 15 is 0 Å². The van der Waals surface area contributed by atoms with E-state index in [1.807, 2.05) is 12.1 Å². The van der Waals surface area contributed by atoms with Crippen molar-refractivity contribution in [1.82, 2.24) is 4.90 Å². The lowest BCUT2D eigenvalue weighted by Gasteiger charge is -2.28. The van der Waals surface area contributed by atoms with Crippen molar-refractivity contribution in [3.8, 4) is 5.75 Å². The van der Waals surface area contributed by atoms with Crippen LogP contribution in [0.4, 0.5) is 0 Å². The number of carbonyl (C=O) groups is 1. The molecule has 1 saturated heterocycles. The third-order valence-corrected chi connectivity index (χ3v) is 5.67. The minimum absolute atomic E-state index is 0.242. The molecule has 0 aliphatic carbocycles. The highest BCUT2D eigenvalue weighted by Crippen LogP contribution is 2.34. The van der Waals surface area contributed by atoms with Gasteiger partial charge in [-0.25, -0.2) is 0 Å². The standard InChI is InChI=1S/C20H33BN2O5/c1-28-17-8-4-7-16(15-17)18-9-5-13-23(18)14-6-11-20(22,19(24)25)10-2-3-12-21(26)27/h4,7-8,15,18,26-27H,2-3,5-6,9-14,22H2,1H3,(H,24,25). The number of carboxylic acids is 1.